The van der Waals surface area contributed by atoms with Gasteiger partial charge in [0.2, 0.25) is 0 Å². The second-order valence-electron chi connectivity index (χ2n) is 12.6. The third-order valence-electron chi connectivity index (χ3n) is 9.51. The molecule has 0 amide bonds. The van der Waals surface area contributed by atoms with E-state index in [9.17, 15) is 0 Å². The number of para-hydroxylation sites is 1. The minimum atomic E-state index is 0.643. The maximum Gasteiger partial charge on any atom is 0.165 e. The summed E-state index contributed by atoms with van der Waals surface area (Å²) in [7, 11) is 0. The summed E-state index contributed by atoms with van der Waals surface area (Å²) in [6, 6.07) is 59.0. The van der Waals surface area contributed by atoms with E-state index in [-0.39, 0.29) is 0 Å². The van der Waals surface area contributed by atoms with Gasteiger partial charge < -0.3 is 0 Å². The first-order chi connectivity index (χ1) is 25.3. The van der Waals surface area contributed by atoms with E-state index in [1.54, 1.807) is 11.3 Å². The van der Waals surface area contributed by atoms with Crippen molar-refractivity contribution >= 4 is 53.2 Å². The van der Waals surface area contributed by atoms with Crippen LogP contribution >= 0.6 is 11.3 Å². The lowest BCUT2D eigenvalue weighted by molar-refractivity contribution is 1.08. The molecule has 3 aromatic heterocycles. The van der Waals surface area contributed by atoms with E-state index in [1.807, 2.05) is 24.3 Å². The first-order valence-corrected chi connectivity index (χ1v) is 17.8. The van der Waals surface area contributed by atoms with Crippen LogP contribution in [0.15, 0.2) is 170 Å². The van der Waals surface area contributed by atoms with Crippen molar-refractivity contribution in [2.75, 3.05) is 0 Å². The zero-order valence-electron chi connectivity index (χ0n) is 27.4. The highest BCUT2D eigenvalue weighted by Gasteiger charge is 2.20. The third-order valence-corrected chi connectivity index (χ3v) is 10.7. The maximum atomic E-state index is 5.19. The molecule has 0 spiro atoms. The van der Waals surface area contributed by atoms with Crippen molar-refractivity contribution in [2.45, 2.75) is 0 Å². The van der Waals surface area contributed by atoms with Crippen LogP contribution in [0.3, 0.4) is 0 Å². The van der Waals surface area contributed by atoms with E-state index in [0.29, 0.717) is 17.5 Å². The molecule has 0 radical (unpaired) electrons. The Morgan fingerprint density at radius 3 is 1.73 bits per heavy atom. The van der Waals surface area contributed by atoms with Crippen LogP contribution in [0.5, 0.6) is 0 Å². The first kappa shape index (κ1) is 29.4. The zero-order chi connectivity index (χ0) is 33.7. The normalized spacial score (nSPS) is 11.5. The predicted octanol–water partition coefficient (Wildman–Crippen LogP) is 12.3. The quantitative estimate of drug-likeness (QED) is 0.171. The Hall–Kier alpha value is -6.56. The summed E-state index contributed by atoms with van der Waals surface area (Å²) in [5, 5.41) is 5.93. The number of aromatic nitrogens is 4. The van der Waals surface area contributed by atoms with Crippen molar-refractivity contribution in [1.82, 2.24) is 19.9 Å². The van der Waals surface area contributed by atoms with Gasteiger partial charge in [0.15, 0.2) is 17.5 Å². The van der Waals surface area contributed by atoms with Gasteiger partial charge in [-0.2, -0.15) is 0 Å². The van der Waals surface area contributed by atoms with Crippen molar-refractivity contribution in [2.24, 2.45) is 0 Å². The van der Waals surface area contributed by atoms with Gasteiger partial charge in [-0.3, -0.25) is 0 Å². The van der Waals surface area contributed by atoms with Gasteiger partial charge in [-0.05, 0) is 35.4 Å². The highest BCUT2D eigenvalue weighted by molar-refractivity contribution is 7.26. The fourth-order valence-electron chi connectivity index (χ4n) is 7.13. The number of hydrogen-bond acceptors (Lipinski definition) is 5. The molecular formula is C46H28N4S. The Balaban J connectivity index is 1.23. The number of hydrogen-bond donors (Lipinski definition) is 0. The topological polar surface area (TPSA) is 51.6 Å². The summed E-state index contributed by atoms with van der Waals surface area (Å²) in [4.78, 5) is 20.6. The van der Waals surface area contributed by atoms with E-state index in [4.69, 9.17) is 19.9 Å². The van der Waals surface area contributed by atoms with Crippen LogP contribution in [-0.2, 0) is 0 Å². The summed E-state index contributed by atoms with van der Waals surface area (Å²) in [6.45, 7) is 0. The van der Waals surface area contributed by atoms with Crippen LogP contribution in [0.1, 0.15) is 0 Å². The van der Waals surface area contributed by atoms with Crippen molar-refractivity contribution < 1.29 is 0 Å². The molecule has 0 saturated heterocycles. The largest absolute Gasteiger partial charge is 0.247 e. The molecule has 51 heavy (non-hydrogen) atoms. The molecule has 0 aliphatic carbocycles. The number of nitrogens with zero attached hydrogens (tertiary/aromatic N) is 4. The summed E-state index contributed by atoms with van der Waals surface area (Å²) in [5.41, 5.74) is 8.23. The Kier molecular flexibility index (Phi) is 6.96. The van der Waals surface area contributed by atoms with Crippen LogP contribution in [0.2, 0.25) is 0 Å². The average Bonchev–Trinajstić information content (AvgIpc) is 3.60. The molecule has 0 saturated carbocycles. The standard InChI is InChI=1S/C46H28N4S/c1-4-14-29(15-5-1)32-20-12-21-33(28-32)45-48-44(31-18-8-3-9-19-31)49-46(50-45)37-24-13-23-36-41-39(51-43(36)37)27-26-35-40(41)34-22-10-11-25-38(34)47-42(35)30-16-6-2-7-17-30/h1-28H. The lowest BCUT2D eigenvalue weighted by Crippen LogP contribution is -2.00. The van der Waals surface area contributed by atoms with Gasteiger partial charge in [-0.25, -0.2) is 19.9 Å². The third kappa shape index (κ3) is 5.06. The van der Waals surface area contributed by atoms with E-state index in [2.05, 4.69) is 146 Å². The van der Waals surface area contributed by atoms with E-state index >= 15 is 0 Å². The van der Waals surface area contributed by atoms with Gasteiger partial charge in [0.05, 0.1) is 11.2 Å². The molecule has 4 nitrogen and oxygen atoms in total. The number of rotatable bonds is 5. The molecule has 10 aromatic rings. The number of thiophene rings is 1. The van der Waals surface area contributed by atoms with Gasteiger partial charge in [0, 0.05) is 58.6 Å². The fourth-order valence-corrected chi connectivity index (χ4v) is 8.35. The van der Waals surface area contributed by atoms with E-state index in [1.165, 1.54) is 20.9 Å². The summed E-state index contributed by atoms with van der Waals surface area (Å²) >= 11 is 1.79. The SMILES string of the molecule is c1ccc(-c2cccc(-c3nc(-c4ccccc4)nc(-c4cccc5c4sc4ccc6c(-c7ccccc7)nc7ccccc7c6c45)n3)c2)cc1. The Labute approximate surface area is 298 Å². The summed E-state index contributed by atoms with van der Waals surface area (Å²) in [5.74, 6) is 1.94. The van der Waals surface area contributed by atoms with Gasteiger partial charge in [-0.15, -0.1) is 11.3 Å². The highest BCUT2D eigenvalue weighted by Crippen LogP contribution is 2.45. The van der Waals surface area contributed by atoms with E-state index in [0.717, 1.165) is 60.1 Å². The molecule has 5 heteroatoms. The molecular weight excluding hydrogens is 641 g/mol. The first-order valence-electron chi connectivity index (χ1n) is 17.0. The van der Waals surface area contributed by atoms with Crippen LogP contribution < -0.4 is 0 Å². The van der Waals surface area contributed by atoms with Gasteiger partial charge in [-0.1, -0.05) is 146 Å². The maximum absolute atomic E-state index is 5.19. The fraction of sp³-hybridized carbons (Fsp3) is 0. The number of pyridine rings is 1. The zero-order valence-corrected chi connectivity index (χ0v) is 28.2. The summed E-state index contributed by atoms with van der Waals surface area (Å²) in [6.07, 6.45) is 0. The average molecular weight is 669 g/mol. The molecule has 0 unspecified atom stereocenters. The van der Waals surface area contributed by atoms with Crippen molar-refractivity contribution in [1.29, 1.82) is 0 Å². The van der Waals surface area contributed by atoms with Gasteiger partial charge >= 0.3 is 0 Å². The summed E-state index contributed by atoms with van der Waals surface area (Å²) < 4.78 is 2.37. The van der Waals surface area contributed by atoms with Crippen LogP contribution in [0.25, 0.3) is 98.4 Å². The molecule has 0 atom stereocenters. The molecule has 7 aromatic carbocycles. The van der Waals surface area contributed by atoms with Gasteiger partial charge in [0.25, 0.3) is 0 Å². The lowest BCUT2D eigenvalue weighted by Gasteiger charge is -2.12. The molecule has 238 valence electrons. The van der Waals surface area contributed by atoms with Crippen molar-refractivity contribution in [3.8, 4) is 56.5 Å². The second-order valence-corrected chi connectivity index (χ2v) is 13.7. The van der Waals surface area contributed by atoms with Crippen LogP contribution in [-0.4, -0.2) is 19.9 Å². The Morgan fingerprint density at radius 1 is 0.353 bits per heavy atom. The number of benzene rings is 7. The van der Waals surface area contributed by atoms with Crippen molar-refractivity contribution in [3.05, 3.63) is 170 Å². The van der Waals surface area contributed by atoms with E-state index < -0.39 is 0 Å². The molecule has 0 bridgehead atoms. The molecule has 0 fully saturated rings. The molecule has 3 heterocycles. The van der Waals surface area contributed by atoms with Gasteiger partial charge in [0.1, 0.15) is 0 Å². The monoisotopic (exact) mass is 668 g/mol. The lowest BCUT2D eigenvalue weighted by atomic mass is 9.96. The minimum absolute atomic E-state index is 0.643. The molecule has 10 rings (SSSR count). The van der Waals surface area contributed by atoms with Crippen LogP contribution in [0.4, 0.5) is 0 Å². The second kappa shape index (κ2) is 12.1. The number of fused-ring (bicyclic) bond motifs is 7. The molecule has 0 aliphatic heterocycles. The smallest absolute Gasteiger partial charge is 0.165 e. The predicted molar refractivity (Wildman–Crippen MR) is 213 cm³/mol. The molecule has 0 aliphatic rings. The minimum Gasteiger partial charge on any atom is -0.247 e. The van der Waals surface area contributed by atoms with Crippen molar-refractivity contribution in [3.63, 3.8) is 0 Å². The van der Waals surface area contributed by atoms with Crippen LogP contribution in [0, 0.1) is 0 Å². The Bertz CT molecular complexity index is 2900. The highest BCUT2D eigenvalue weighted by atomic mass is 32.1. The Morgan fingerprint density at radius 2 is 0.941 bits per heavy atom. The molecule has 0 N–H and O–H groups in total.